The molecule has 2 N–H and O–H groups in total. The molecule has 4 rings (SSSR count). The van der Waals surface area contributed by atoms with E-state index in [0.29, 0.717) is 0 Å². The van der Waals surface area contributed by atoms with Gasteiger partial charge in [-0.25, -0.2) is 9.97 Å². The molecule has 1 aliphatic rings. The van der Waals surface area contributed by atoms with Gasteiger partial charge >= 0.3 is 0 Å². The van der Waals surface area contributed by atoms with Crippen LogP contribution in [0.5, 0.6) is 0 Å². The molecule has 1 atom stereocenters. The number of aliphatic hydroxyl groups is 1. The van der Waals surface area contributed by atoms with Crippen molar-refractivity contribution in [2.45, 2.75) is 52.6 Å². The maximum atomic E-state index is 12.4. The highest BCUT2D eigenvalue weighted by molar-refractivity contribution is 5.92. The summed E-state index contributed by atoms with van der Waals surface area (Å²) in [5.41, 5.74) is 4.09. The predicted octanol–water partition coefficient (Wildman–Crippen LogP) is 2.69. The van der Waals surface area contributed by atoms with Crippen molar-refractivity contribution in [1.82, 2.24) is 25.5 Å². The van der Waals surface area contributed by atoms with Crippen LogP contribution in [0.1, 0.15) is 53.6 Å². The second-order valence-electron chi connectivity index (χ2n) is 10.1. The van der Waals surface area contributed by atoms with Crippen molar-refractivity contribution in [2.75, 3.05) is 36.0 Å². The van der Waals surface area contributed by atoms with E-state index in [1.807, 2.05) is 18.2 Å². The minimum absolute atomic E-state index is 0.162. The van der Waals surface area contributed by atoms with Gasteiger partial charge in [-0.05, 0) is 51.3 Å². The maximum Gasteiger partial charge on any atom is 0.271 e. The Morgan fingerprint density at radius 2 is 1.83 bits per heavy atom. The first-order valence-corrected chi connectivity index (χ1v) is 12.3. The van der Waals surface area contributed by atoms with Gasteiger partial charge in [0.15, 0.2) is 5.82 Å². The zero-order chi connectivity index (χ0) is 25.9. The van der Waals surface area contributed by atoms with E-state index in [1.54, 1.807) is 20.0 Å². The second-order valence-corrected chi connectivity index (χ2v) is 10.1. The van der Waals surface area contributed by atoms with Gasteiger partial charge in [0.25, 0.3) is 5.91 Å². The average molecular weight is 490 g/mol. The van der Waals surface area contributed by atoms with E-state index in [1.165, 1.54) is 17.3 Å². The fourth-order valence-corrected chi connectivity index (χ4v) is 4.39. The Morgan fingerprint density at radius 3 is 2.47 bits per heavy atom. The molecule has 3 aromatic rings. The third-order valence-corrected chi connectivity index (χ3v) is 6.75. The van der Waals surface area contributed by atoms with Crippen LogP contribution >= 0.6 is 0 Å². The molecule has 9 nitrogen and oxygen atoms in total. The molecular weight excluding hydrogens is 454 g/mol. The van der Waals surface area contributed by atoms with Crippen molar-refractivity contribution in [2.24, 2.45) is 0 Å². The number of amides is 1. The number of hydrogen-bond donors (Lipinski definition) is 2. The Morgan fingerprint density at radius 1 is 1.08 bits per heavy atom. The Kier molecular flexibility index (Phi) is 7.49. The lowest BCUT2D eigenvalue weighted by molar-refractivity contribution is 0.0864. The molecule has 0 aliphatic carbocycles. The number of benzene rings is 1. The molecule has 190 valence electrons. The van der Waals surface area contributed by atoms with Crippen LogP contribution < -0.4 is 15.1 Å². The average Bonchev–Trinajstić information content (AvgIpc) is 2.87. The second kappa shape index (κ2) is 10.6. The molecule has 3 heterocycles. The van der Waals surface area contributed by atoms with Gasteiger partial charge in [-0.2, -0.15) is 5.10 Å². The van der Waals surface area contributed by atoms with Gasteiger partial charge in [0.1, 0.15) is 11.5 Å². The van der Waals surface area contributed by atoms with Crippen LogP contribution in [0.2, 0.25) is 0 Å². The number of carbonyl (C=O) groups is 1. The Hall–Kier alpha value is -3.59. The molecule has 1 saturated heterocycles. The van der Waals surface area contributed by atoms with Crippen LogP contribution in [0.4, 0.5) is 11.6 Å². The highest BCUT2D eigenvalue weighted by Gasteiger charge is 2.28. The highest BCUT2D eigenvalue weighted by Crippen LogP contribution is 2.26. The molecule has 0 spiro atoms. The van der Waals surface area contributed by atoms with Crippen LogP contribution in [-0.2, 0) is 6.42 Å². The number of nitrogens with zero attached hydrogens (tertiary/aromatic N) is 6. The zero-order valence-corrected chi connectivity index (χ0v) is 21.7. The van der Waals surface area contributed by atoms with E-state index in [-0.39, 0.29) is 24.2 Å². The number of aliphatic hydroxyl groups excluding tert-OH is 1. The van der Waals surface area contributed by atoms with Crippen LogP contribution in [0.25, 0.3) is 0 Å². The van der Waals surface area contributed by atoms with Crippen LogP contribution in [0.3, 0.4) is 0 Å². The first-order chi connectivity index (χ1) is 17.2. The number of nitrogens with one attached hydrogen (secondary N) is 1. The summed E-state index contributed by atoms with van der Waals surface area (Å²) >= 11 is 0. The lowest BCUT2D eigenvalue weighted by atomic mass is 10.0. The summed E-state index contributed by atoms with van der Waals surface area (Å²) in [4.78, 5) is 25.7. The topological polar surface area (TPSA) is 107 Å². The SMILES string of the molecule is Cc1c(Cc2ccccc2)nnc(N2CCN(c3cnc(C(=O)NC(C)(C)CO)cn3)[C@H](C)C2)c1C. The standard InChI is InChI=1S/C27H35N7O2/c1-18-16-33(25-20(3)19(2)22(31-32-25)13-21-9-7-6-8-10-21)11-12-34(18)24-15-28-23(14-29-24)26(36)30-27(4,5)17-35/h6-10,14-15,18,35H,11-13,16-17H2,1-5H3,(H,30,36)/t18-/m1/s1. The summed E-state index contributed by atoms with van der Waals surface area (Å²) in [5, 5.41) is 21.3. The van der Waals surface area contributed by atoms with E-state index in [2.05, 4.69) is 68.2 Å². The molecule has 9 heteroatoms. The van der Waals surface area contributed by atoms with Gasteiger partial charge in [0, 0.05) is 32.1 Å². The van der Waals surface area contributed by atoms with Gasteiger partial charge in [0.2, 0.25) is 0 Å². The summed E-state index contributed by atoms with van der Waals surface area (Å²) in [6, 6.07) is 10.5. The van der Waals surface area contributed by atoms with E-state index in [4.69, 9.17) is 0 Å². The minimum atomic E-state index is -0.721. The summed E-state index contributed by atoms with van der Waals surface area (Å²) in [6.45, 7) is 12.1. The molecule has 2 aromatic heterocycles. The van der Waals surface area contributed by atoms with Crippen molar-refractivity contribution in [3.8, 4) is 0 Å². The molecule has 1 amide bonds. The van der Waals surface area contributed by atoms with Gasteiger partial charge in [-0.1, -0.05) is 30.3 Å². The quantitative estimate of drug-likeness (QED) is 0.522. The van der Waals surface area contributed by atoms with Gasteiger partial charge in [-0.3, -0.25) is 4.79 Å². The van der Waals surface area contributed by atoms with Gasteiger partial charge in [0.05, 0.1) is 30.2 Å². The first kappa shape index (κ1) is 25.5. The number of anilines is 2. The molecule has 0 bridgehead atoms. The molecule has 36 heavy (non-hydrogen) atoms. The molecule has 0 saturated carbocycles. The van der Waals surface area contributed by atoms with Gasteiger partial charge in [-0.15, -0.1) is 5.10 Å². The van der Waals surface area contributed by atoms with E-state index in [9.17, 15) is 9.90 Å². The van der Waals surface area contributed by atoms with Crippen molar-refractivity contribution in [3.63, 3.8) is 0 Å². The third kappa shape index (κ3) is 5.62. The summed E-state index contributed by atoms with van der Waals surface area (Å²) < 4.78 is 0. The number of rotatable bonds is 7. The molecule has 1 aromatic carbocycles. The number of aromatic nitrogens is 4. The van der Waals surface area contributed by atoms with Crippen molar-refractivity contribution < 1.29 is 9.90 Å². The highest BCUT2D eigenvalue weighted by atomic mass is 16.3. The van der Waals surface area contributed by atoms with E-state index in [0.717, 1.165) is 48.9 Å². The number of carbonyl (C=O) groups excluding carboxylic acids is 1. The number of hydrogen-bond acceptors (Lipinski definition) is 8. The largest absolute Gasteiger partial charge is 0.394 e. The first-order valence-electron chi connectivity index (χ1n) is 12.3. The summed E-state index contributed by atoms with van der Waals surface area (Å²) in [6.07, 6.45) is 3.90. The Bertz CT molecular complexity index is 1200. The Balaban J connectivity index is 1.42. The molecule has 1 fully saturated rings. The normalized spacial score (nSPS) is 16.2. The molecule has 1 aliphatic heterocycles. The lowest BCUT2D eigenvalue weighted by Crippen LogP contribution is -2.53. The fourth-order valence-electron chi connectivity index (χ4n) is 4.39. The minimum Gasteiger partial charge on any atom is -0.394 e. The van der Waals surface area contributed by atoms with Crippen molar-refractivity contribution in [3.05, 3.63) is 70.8 Å². The smallest absolute Gasteiger partial charge is 0.271 e. The zero-order valence-electron chi connectivity index (χ0n) is 21.7. The predicted molar refractivity (Wildman–Crippen MR) is 140 cm³/mol. The maximum absolute atomic E-state index is 12.4. The monoisotopic (exact) mass is 489 g/mol. The summed E-state index contributed by atoms with van der Waals surface area (Å²) in [5.74, 6) is 1.31. The summed E-state index contributed by atoms with van der Waals surface area (Å²) in [7, 11) is 0. The lowest BCUT2D eigenvalue weighted by Gasteiger charge is -2.41. The number of piperazine rings is 1. The molecular formula is C27H35N7O2. The third-order valence-electron chi connectivity index (χ3n) is 6.75. The van der Waals surface area contributed by atoms with Crippen LogP contribution in [0, 0.1) is 13.8 Å². The van der Waals surface area contributed by atoms with E-state index >= 15 is 0 Å². The van der Waals surface area contributed by atoms with Crippen LogP contribution in [0.15, 0.2) is 42.7 Å². The van der Waals surface area contributed by atoms with Crippen molar-refractivity contribution >= 4 is 17.5 Å². The van der Waals surface area contributed by atoms with Crippen molar-refractivity contribution in [1.29, 1.82) is 0 Å². The van der Waals surface area contributed by atoms with E-state index < -0.39 is 5.54 Å². The molecule has 0 radical (unpaired) electrons. The fraction of sp³-hybridized carbons (Fsp3) is 0.444. The molecule has 0 unspecified atom stereocenters. The van der Waals surface area contributed by atoms with Gasteiger partial charge < -0.3 is 20.2 Å². The Labute approximate surface area is 212 Å². The van der Waals surface area contributed by atoms with Crippen LogP contribution in [-0.4, -0.2) is 69.0 Å².